The van der Waals surface area contributed by atoms with Crippen LogP contribution in [-0.4, -0.2) is 13.1 Å². The van der Waals surface area contributed by atoms with Gasteiger partial charge in [0.05, 0.1) is 0 Å². The predicted octanol–water partition coefficient (Wildman–Crippen LogP) is 3.49. The van der Waals surface area contributed by atoms with E-state index in [9.17, 15) is 4.39 Å². The molecule has 1 aromatic carbocycles. The van der Waals surface area contributed by atoms with Gasteiger partial charge in [-0.1, -0.05) is 32.4 Å². The summed E-state index contributed by atoms with van der Waals surface area (Å²) in [7, 11) is 0. The van der Waals surface area contributed by atoms with E-state index in [2.05, 4.69) is 19.2 Å². The Hall–Kier alpha value is -0.890. The van der Waals surface area contributed by atoms with Gasteiger partial charge in [-0.05, 0) is 43.0 Å². The molecule has 2 heteroatoms. The van der Waals surface area contributed by atoms with Gasteiger partial charge in [0.1, 0.15) is 5.82 Å². The van der Waals surface area contributed by atoms with Gasteiger partial charge in [0, 0.05) is 12.0 Å². The average Bonchev–Trinajstić information content (AvgIpc) is 2.30. The number of benzene rings is 1. The van der Waals surface area contributed by atoms with Crippen molar-refractivity contribution >= 4 is 0 Å². The van der Waals surface area contributed by atoms with E-state index < -0.39 is 0 Å². The van der Waals surface area contributed by atoms with Crippen LogP contribution in [0.15, 0.2) is 24.3 Å². The van der Waals surface area contributed by atoms with Gasteiger partial charge in [-0.2, -0.15) is 0 Å². The summed E-state index contributed by atoms with van der Waals surface area (Å²) in [5.41, 5.74) is 1.55. The van der Waals surface area contributed by atoms with Gasteiger partial charge in [0.25, 0.3) is 0 Å². The summed E-state index contributed by atoms with van der Waals surface area (Å²) in [6.45, 7) is 6.41. The maximum absolute atomic E-state index is 13.0. The molecule has 0 saturated heterocycles. The minimum atomic E-state index is -0.140. The van der Waals surface area contributed by atoms with Gasteiger partial charge in [-0.25, -0.2) is 4.39 Å². The van der Waals surface area contributed by atoms with E-state index >= 15 is 0 Å². The Morgan fingerprint density at radius 3 is 2.41 bits per heavy atom. The molecule has 1 nitrogen and oxygen atoms in total. The van der Waals surface area contributed by atoms with Crippen molar-refractivity contribution in [2.24, 2.45) is 5.92 Å². The smallest absolute Gasteiger partial charge is 0.123 e. The molecule has 17 heavy (non-hydrogen) atoms. The van der Waals surface area contributed by atoms with Crippen molar-refractivity contribution in [2.75, 3.05) is 13.1 Å². The van der Waals surface area contributed by atoms with Gasteiger partial charge < -0.3 is 5.32 Å². The lowest BCUT2D eigenvalue weighted by molar-refractivity contribution is 0.134. The summed E-state index contributed by atoms with van der Waals surface area (Å²) >= 11 is 0. The highest BCUT2D eigenvalue weighted by Crippen LogP contribution is 2.48. The Morgan fingerprint density at radius 1 is 1.24 bits per heavy atom. The first kappa shape index (κ1) is 12.6. The lowest BCUT2D eigenvalue weighted by atomic mass is 9.58. The van der Waals surface area contributed by atoms with Crippen LogP contribution in [0, 0.1) is 11.7 Å². The highest BCUT2D eigenvalue weighted by molar-refractivity contribution is 5.30. The monoisotopic (exact) mass is 235 g/mol. The van der Waals surface area contributed by atoms with E-state index in [-0.39, 0.29) is 11.2 Å². The van der Waals surface area contributed by atoms with Crippen LogP contribution in [0.2, 0.25) is 0 Å². The zero-order chi connectivity index (χ0) is 12.3. The number of hydrogen-bond acceptors (Lipinski definition) is 1. The predicted molar refractivity (Wildman–Crippen MR) is 69.6 cm³/mol. The second-order valence-electron chi connectivity index (χ2n) is 5.25. The molecule has 0 radical (unpaired) electrons. The number of rotatable bonds is 5. The minimum Gasteiger partial charge on any atom is -0.316 e. The van der Waals surface area contributed by atoms with Crippen molar-refractivity contribution < 1.29 is 4.39 Å². The number of halogens is 1. The summed E-state index contributed by atoms with van der Waals surface area (Å²) < 4.78 is 13.0. The Morgan fingerprint density at radius 2 is 1.88 bits per heavy atom. The van der Waals surface area contributed by atoms with Crippen LogP contribution in [0.4, 0.5) is 4.39 Å². The van der Waals surface area contributed by atoms with Gasteiger partial charge in [0.2, 0.25) is 0 Å². The van der Waals surface area contributed by atoms with Crippen molar-refractivity contribution in [3.63, 3.8) is 0 Å². The lowest BCUT2D eigenvalue weighted by Crippen LogP contribution is -2.48. The molecule has 2 rings (SSSR count). The fraction of sp³-hybridized carbons (Fsp3) is 0.600. The third-order valence-electron chi connectivity index (χ3n) is 4.11. The van der Waals surface area contributed by atoms with E-state index in [1.165, 1.54) is 24.8 Å². The molecule has 1 fully saturated rings. The van der Waals surface area contributed by atoms with Crippen molar-refractivity contribution in [3.8, 4) is 0 Å². The second kappa shape index (κ2) is 5.18. The Balaban J connectivity index is 2.13. The first-order valence-electron chi connectivity index (χ1n) is 6.67. The summed E-state index contributed by atoms with van der Waals surface area (Å²) in [4.78, 5) is 0. The molecule has 0 atom stereocenters. The third-order valence-corrected chi connectivity index (χ3v) is 4.11. The van der Waals surface area contributed by atoms with Gasteiger partial charge in [-0.15, -0.1) is 0 Å². The first-order chi connectivity index (χ1) is 8.20. The maximum atomic E-state index is 13.0. The summed E-state index contributed by atoms with van der Waals surface area (Å²) in [5, 5.41) is 3.46. The van der Waals surface area contributed by atoms with E-state index in [1.54, 1.807) is 12.1 Å². The fourth-order valence-electron chi connectivity index (χ4n) is 2.98. The Kier molecular flexibility index (Phi) is 3.82. The zero-order valence-electron chi connectivity index (χ0n) is 10.8. The van der Waals surface area contributed by atoms with Crippen LogP contribution in [0.5, 0.6) is 0 Å². The highest BCUT2D eigenvalue weighted by Gasteiger charge is 2.43. The highest BCUT2D eigenvalue weighted by atomic mass is 19.1. The summed E-state index contributed by atoms with van der Waals surface area (Å²) in [6, 6.07) is 7.09. The zero-order valence-corrected chi connectivity index (χ0v) is 10.8. The van der Waals surface area contributed by atoms with E-state index in [4.69, 9.17) is 0 Å². The molecular weight excluding hydrogens is 213 g/mol. The molecule has 0 heterocycles. The van der Waals surface area contributed by atoms with Crippen molar-refractivity contribution in [3.05, 3.63) is 35.6 Å². The number of nitrogens with one attached hydrogen (secondary N) is 1. The SMILES string of the molecule is CCNCC1(c2ccc(F)cc2)CC(CC)C1. The molecule has 0 aromatic heterocycles. The van der Waals surface area contributed by atoms with E-state index in [1.807, 2.05) is 12.1 Å². The molecule has 1 N–H and O–H groups in total. The molecule has 0 bridgehead atoms. The topological polar surface area (TPSA) is 12.0 Å². The quantitative estimate of drug-likeness (QED) is 0.823. The van der Waals surface area contributed by atoms with Crippen LogP contribution >= 0.6 is 0 Å². The maximum Gasteiger partial charge on any atom is 0.123 e. The third kappa shape index (κ3) is 2.52. The standard InChI is InChI=1S/C15H22FN/c1-3-12-9-15(10-12,11-17-4-2)13-5-7-14(16)8-6-13/h5-8,12,17H,3-4,9-11H2,1-2H3. The van der Waals surface area contributed by atoms with Crippen molar-refractivity contribution in [2.45, 2.75) is 38.5 Å². The average molecular weight is 235 g/mol. The molecule has 1 aromatic rings. The van der Waals surface area contributed by atoms with Crippen molar-refractivity contribution in [1.29, 1.82) is 0 Å². The van der Waals surface area contributed by atoms with Gasteiger partial charge in [-0.3, -0.25) is 0 Å². The molecule has 0 amide bonds. The molecule has 1 aliphatic rings. The molecule has 0 aliphatic heterocycles. The minimum absolute atomic E-state index is 0.140. The molecule has 0 spiro atoms. The van der Waals surface area contributed by atoms with E-state index in [0.29, 0.717) is 0 Å². The Bertz CT molecular complexity index is 346. The van der Waals surface area contributed by atoms with Crippen LogP contribution in [-0.2, 0) is 5.41 Å². The largest absolute Gasteiger partial charge is 0.316 e. The van der Waals surface area contributed by atoms with Crippen LogP contribution in [0.1, 0.15) is 38.7 Å². The molecule has 0 unspecified atom stereocenters. The van der Waals surface area contributed by atoms with Crippen LogP contribution < -0.4 is 5.32 Å². The molecule has 1 saturated carbocycles. The van der Waals surface area contributed by atoms with Crippen LogP contribution in [0.3, 0.4) is 0 Å². The van der Waals surface area contributed by atoms with Gasteiger partial charge in [0.15, 0.2) is 0 Å². The number of likely N-dealkylation sites (N-methyl/N-ethyl adjacent to an activating group) is 1. The normalized spacial score (nSPS) is 27.8. The lowest BCUT2D eigenvalue weighted by Gasteiger charge is -2.48. The summed E-state index contributed by atoms with van der Waals surface area (Å²) in [5.74, 6) is 0.706. The van der Waals surface area contributed by atoms with E-state index in [0.717, 1.165) is 19.0 Å². The Labute approximate surface area is 103 Å². The van der Waals surface area contributed by atoms with Gasteiger partial charge >= 0.3 is 0 Å². The number of hydrogen-bond donors (Lipinski definition) is 1. The fourth-order valence-corrected chi connectivity index (χ4v) is 2.98. The van der Waals surface area contributed by atoms with Crippen LogP contribution in [0.25, 0.3) is 0 Å². The molecule has 1 aliphatic carbocycles. The molecule has 94 valence electrons. The van der Waals surface area contributed by atoms with Crippen molar-refractivity contribution in [1.82, 2.24) is 5.32 Å². The molecular formula is C15H22FN. The first-order valence-corrected chi connectivity index (χ1v) is 6.67. The summed E-state index contributed by atoms with van der Waals surface area (Å²) in [6.07, 6.45) is 3.74. The second-order valence-corrected chi connectivity index (χ2v) is 5.25.